The summed E-state index contributed by atoms with van der Waals surface area (Å²) in [6.45, 7) is 9.16. The number of benzene rings is 1. The molecule has 1 rings (SSSR count). The Morgan fingerprint density at radius 3 is 2.44 bits per heavy atom. The molecule has 0 heterocycles. The van der Waals surface area contributed by atoms with Gasteiger partial charge in [-0.05, 0) is 11.6 Å². The normalized spacial score (nSPS) is 10.8. The van der Waals surface area contributed by atoms with E-state index in [-0.39, 0.29) is 0 Å². The summed E-state index contributed by atoms with van der Waals surface area (Å²) in [7, 11) is 0. The maximum absolute atomic E-state index is 6.00. The standard InChI is InChI=1S/C13H16Cl3NO/c1-8(2)17-6-9(3)7-18-13-5-11(15)10(14)4-12(13)16/h4-5,8,17H,3,6-7H2,1-2H3. The highest BCUT2D eigenvalue weighted by Crippen LogP contribution is 2.33. The molecule has 0 radical (unpaired) electrons. The molecule has 0 amide bonds. The van der Waals surface area contributed by atoms with Gasteiger partial charge in [-0.2, -0.15) is 0 Å². The van der Waals surface area contributed by atoms with E-state index in [1.54, 1.807) is 12.1 Å². The van der Waals surface area contributed by atoms with Gasteiger partial charge in [0, 0.05) is 18.7 Å². The number of hydrogen-bond acceptors (Lipinski definition) is 2. The van der Waals surface area contributed by atoms with Crippen molar-refractivity contribution in [2.75, 3.05) is 13.2 Å². The number of nitrogens with one attached hydrogen (secondary N) is 1. The molecule has 0 bridgehead atoms. The first kappa shape index (κ1) is 15.6. The Balaban J connectivity index is 2.53. The van der Waals surface area contributed by atoms with Crippen LogP contribution in [0.15, 0.2) is 24.3 Å². The van der Waals surface area contributed by atoms with E-state index in [0.717, 1.165) is 5.57 Å². The number of ether oxygens (including phenoxy) is 1. The van der Waals surface area contributed by atoms with Crippen molar-refractivity contribution in [1.82, 2.24) is 5.32 Å². The third-order valence-corrected chi connectivity index (χ3v) is 3.18. The molecule has 2 nitrogen and oxygen atoms in total. The van der Waals surface area contributed by atoms with E-state index in [4.69, 9.17) is 39.5 Å². The third-order valence-electron chi connectivity index (χ3n) is 2.17. The fourth-order valence-corrected chi connectivity index (χ4v) is 1.79. The Kier molecular flexibility index (Phi) is 6.30. The molecule has 0 aliphatic rings. The Hall–Kier alpha value is -0.410. The second-order valence-electron chi connectivity index (χ2n) is 4.27. The van der Waals surface area contributed by atoms with E-state index >= 15 is 0 Å². The minimum absolute atomic E-state index is 0.386. The van der Waals surface area contributed by atoms with Crippen molar-refractivity contribution in [3.8, 4) is 5.75 Å². The van der Waals surface area contributed by atoms with Gasteiger partial charge >= 0.3 is 0 Å². The average Bonchev–Trinajstić information content (AvgIpc) is 2.29. The van der Waals surface area contributed by atoms with Crippen LogP contribution in [0.4, 0.5) is 0 Å². The SMILES string of the molecule is C=C(CNC(C)C)COc1cc(Cl)c(Cl)cc1Cl. The number of rotatable bonds is 6. The topological polar surface area (TPSA) is 21.3 Å². The largest absolute Gasteiger partial charge is 0.488 e. The molecule has 0 fully saturated rings. The van der Waals surface area contributed by atoms with Crippen molar-refractivity contribution < 1.29 is 4.74 Å². The molecule has 0 aliphatic heterocycles. The van der Waals surface area contributed by atoms with E-state index in [9.17, 15) is 0 Å². The molecule has 0 aliphatic carbocycles. The van der Waals surface area contributed by atoms with Gasteiger partial charge in [-0.1, -0.05) is 55.2 Å². The summed E-state index contributed by atoms with van der Waals surface area (Å²) in [5.41, 5.74) is 0.936. The molecule has 18 heavy (non-hydrogen) atoms. The minimum atomic E-state index is 0.386. The van der Waals surface area contributed by atoms with Gasteiger partial charge in [0.1, 0.15) is 12.4 Å². The van der Waals surface area contributed by atoms with Crippen molar-refractivity contribution in [3.63, 3.8) is 0 Å². The summed E-state index contributed by atoms with van der Waals surface area (Å²) >= 11 is 17.7. The minimum Gasteiger partial charge on any atom is -0.488 e. The van der Waals surface area contributed by atoms with Crippen molar-refractivity contribution >= 4 is 34.8 Å². The van der Waals surface area contributed by atoms with Gasteiger partial charge in [-0.25, -0.2) is 0 Å². The lowest BCUT2D eigenvalue weighted by atomic mass is 10.3. The summed E-state index contributed by atoms with van der Waals surface area (Å²) in [5.74, 6) is 0.511. The molecule has 1 aromatic carbocycles. The lowest BCUT2D eigenvalue weighted by Crippen LogP contribution is -2.26. The molecule has 0 aromatic heterocycles. The third kappa shape index (κ3) is 5.07. The van der Waals surface area contributed by atoms with E-state index in [1.165, 1.54) is 0 Å². The van der Waals surface area contributed by atoms with Gasteiger partial charge in [-0.3, -0.25) is 0 Å². The van der Waals surface area contributed by atoms with Gasteiger partial charge in [-0.15, -0.1) is 0 Å². The Morgan fingerprint density at radius 2 is 1.83 bits per heavy atom. The van der Waals surface area contributed by atoms with Crippen LogP contribution < -0.4 is 10.1 Å². The summed E-state index contributed by atoms with van der Waals surface area (Å²) in [4.78, 5) is 0. The molecule has 0 saturated carbocycles. The van der Waals surface area contributed by atoms with E-state index in [0.29, 0.717) is 40.0 Å². The summed E-state index contributed by atoms with van der Waals surface area (Å²) in [5, 5.41) is 4.53. The van der Waals surface area contributed by atoms with Crippen LogP contribution in [0.2, 0.25) is 15.1 Å². The quantitative estimate of drug-likeness (QED) is 0.613. The summed E-state index contributed by atoms with van der Waals surface area (Å²) in [6.07, 6.45) is 0. The van der Waals surface area contributed by atoms with Crippen LogP contribution in [-0.2, 0) is 0 Å². The van der Waals surface area contributed by atoms with Gasteiger partial charge in [0.05, 0.1) is 15.1 Å². The predicted molar refractivity (Wildman–Crippen MR) is 79.2 cm³/mol. The Morgan fingerprint density at radius 1 is 1.22 bits per heavy atom. The van der Waals surface area contributed by atoms with Crippen molar-refractivity contribution in [3.05, 3.63) is 39.4 Å². The Labute approximate surface area is 123 Å². The molecule has 1 N–H and O–H groups in total. The zero-order valence-corrected chi connectivity index (χ0v) is 12.7. The van der Waals surface area contributed by atoms with Crippen LogP contribution >= 0.6 is 34.8 Å². The van der Waals surface area contributed by atoms with E-state index in [2.05, 4.69) is 25.7 Å². The maximum atomic E-state index is 6.00. The maximum Gasteiger partial charge on any atom is 0.139 e. The fraction of sp³-hybridized carbons (Fsp3) is 0.385. The highest BCUT2D eigenvalue weighted by Gasteiger charge is 2.07. The molecule has 0 unspecified atom stereocenters. The zero-order valence-electron chi connectivity index (χ0n) is 10.4. The zero-order chi connectivity index (χ0) is 13.7. The molecule has 0 spiro atoms. The van der Waals surface area contributed by atoms with Gasteiger partial charge in [0.25, 0.3) is 0 Å². The second-order valence-corrected chi connectivity index (χ2v) is 5.49. The molecule has 0 atom stereocenters. The van der Waals surface area contributed by atoms with Gasteiger partial charge in [0.15, 0.2) is 0 Å². The molecule has 0 saturated heterocycles. The lowest BCUT2D eigenvalue weighted by molar-refractivity contribution is 0.347. The molecular formula is C13H16Cl3NO. The molecule has 1 aromatic rings. The van der Waals surface area contributed by atoms with Crippen molar-refractivity contribution in [1.29, 1.82) is 0 Å². The van der Waals surface area contributed by atoms with E-state index in [1.807, 2.05) is 0 Å². The smallest absolute Gasteiger partial charge is 0.139 e. The second kappa shape index (κ2) is 7.25. The molecule has 5 heteroatoms. The average molecular weight is 309 g/mol. The highest BCUT2D eigenvalue weighted by atomic mass is 35.5. The van der Waals surface area contributed by atoms with Crippen LogP contribution in [0.25, 0.3) is 0 Å². The predicted octanol–water partition coefficient (Wildman–Crippen LogP) is 4.58. The van der Waals surface area contributed by atoms with Crippen LogP contribution in [0, 0.1) is 0 Å². The van der Waals surface area contributed by atoms with Crippen molar-refractivity contribution in [2.45, 2.75) is 19.9 Å². The molecular weight excluding hydrogens is 293 g/mol. The summed E-state index contributed by atoms with van der Waals surface area (Å²) in [6, 6.07) is 3.58. The Bertz CT molecular complexity index is 432. The van der Waals surface area contributed by atoms with Crippen LogP contribution in [0.1, 0.15) is 13.8 Å². The van der Waals surface area contributed by atoms with E-state index < -0.39 is 0 Å². The van der Waals surface area contributed by atoms with Crippen LogP contribution in [0.5, 0.6) is 5.75 Å². The first-order chi connectivity index (χ1) is 8.40. The van der Waals surface area contributed by atoms with Crippen molar-refractivity contribution in [2.24, 2.45) is 0 Å². The highest BCUT2D eigenvalue weighted by molar-refractivity contribution is 6.43. The van der Waals surface area contributed by atoms with Gasteiger partial charge in [0.2, 0.25) is 0 Å². The van der Waals surface area contributed by atoms with Crippen LogP contribution in [0.3, 0.4) is 0 Å². The lowest BCUT2D eigenvalue weighted by Gasteiger charge is -2.13. The molecule has 100 valence electrons. The number of hydrogen-bond donors (Lipinski definition) is 1. The number of halogens is 3. The van der Waals surface area contributed by atoms with Crippen LogP contribution in [-0.4, -0.2) is 19.2 Å². The first-order valence-electron chi connectivity index (χ1n) is 5.57. The summed E-state index contributed by atoms with van der Waals surface area (Å²) < 4.78 is 5.55. The van der Waals surface area contributed by atoms with Gasteiger partial charge < -0.3 is 10.1 Å². The fourth-order valence-electron chi connectivity index (χ4n) is 1.19. The first-order valence-corrected chi connectivity index (χ1v) is 6.71. The monoisotopic (exact) mass is 307 g/mol.